The minimum atomic E-state index is -0.0738. The van der Waals surface area contributed by atoms with E-state index in [1.807, 2.05) is 28.0 Å². The Morgan fingerprint density at radius 1 is 1.32 bits per heavy atom. The van der Waals surface area contributed by atoms with E-state index in [9.17, 15) is 14.7 Å². The van der Waals surface area contributed by atoms with Crippen LogP contribution in [0.4, 0.5) is 4.79 Å². The van der Waals surface area contributed by atoms with Gasteiger partial charge in [0.2, 0.25) is 5.91 Å². The van der Waals surface area contributed by atoms with E-state index in [1.165, 1.54) is 0 Å². The lowest BCUT2D eigenvalue weighted by atomic mass is 9.89. The molecule has 1 aromatic carbocycles. The summed E-state index contributed by atoms with van der Waals surface area (Å²) in [6.07, 6.45) is 3.13. The maximum absolute atomic E-state index is 12.5. The molecular weight excluding hydrogens is 318 g/mol. The van der Waals surface area contributed by atoms with E-state index in [4.69, 9.17) is 0 Å². The number of rotatable bonds is 4. The van der Waals surface area contributed by atoms with Crippen molar-refractivity contribution < 1.29 is 14.7 Å². The summed E-state index contributed by atoms with van der Waals surface area (Å²) in [7, 11) is 0. The van der Waals surface area contributed by atoms with Crippen molar-refractivity contribution in [2.75, 3.05) is 26.2 Å². The van der Waals surface area contributed by atoms with Crippen molar-refractivity contribution in [3.05, 3.63) is 29.8 Å². The zero-order valence-corrected chi connectivity index (χ0v) is 14.8. The number of phenols is 1. The van der Waals surface area contributed by atoms with Crippen LogP contribution in [0.2, 0.25) is 0 Å². The number of hydrogen-bond acceptors (Lipinski definition) is 3. The van der Waals surface area contributed by atoms with Gasteiger partial charge in [0.05, 0.1) is 6.04 Å². The highest BCUT2D eigenvalue weighted by molar-refractivity contribution is 5.81. The molecule has 2 aliphatic rings. The molecule has 0 aromatic heterocycles. The predicted octanol–water partition coefficient (Wildman–Crippen LogP) is 2.29. The van der Waals surface area contributed by atoms with Crippen LogP contribution in [-0.4, -0.2) is 59.1 Å². The fourth-order valence-corrected chi connectivity index (χ4v) is 3.82. The fraction of sp³-hybridized carbons (Fsp3) is 0.579. The van der Waals surface area contributed by atoms with Gasteiger partial charge in [-0.25, -0.2) is 4.79 Å². The molecule has 6 heteroatoms. The Balaban J connectivity index is 1.48. The third kappa shape index (κ3) is 4.24. The number of phenolic OH excluding ortho intramolecular Hbond substituents is 1. The predicted molar refractivity (Wildman–Crippen MR) is 95.5 cm³/mol. The van der Waals surface area contributed by atoms with Gasteiger partial charge in [-0.05, 0) is 42.9 Å². The Kier molecular flexibility index (Phi) is 5.46. The van der Waals surface area contributed by atoms with Crippen LogP contribution in [0.15, 0.2) is 24.3 Å². The van der Waals surface area contributed by atoms with Gasteiger partial charge >= 0.3 is 6.03 Å². The first kappa shape index (κ1) is 17.6. The second kappa shape index (κ2) is 7.76. The van der Waals surface area contributed by atoms with Crippen molar-refractivity contribution in [2.45, 2.75) is 44.6 Å². The SMILES string of the molecule is CCCN1CC(NC(=O)N2CCC(c3cccc(O)c3)CC2)CC1=O. The van der Waals surface area contributed by atoms with Crippen LogP contribution in [-0.2, 0) is 4.79 Å². The maximum atomic E-state index is 12.5. The average molecular weight is 345 g/mol. The lowest BCUT2D eigenvalue weighted by molar-refractivity contribution is -0.127. The summed E-state index contributed by atoms with van der Waals surface area (Å²) in [6.45, 7) is 4.84. The number of carbonyl (C=O) groups is 2. The first-order chi connectivity index (χ1) is 12.1. The molecule has 2 heterocycles. The molecule has 3 amide bonds. The number of hydrogen-bond donors (Lipinski definition) is 2. The van der Waals surface area contributed by atoms with Crippen molar-refractivity contribution in [3.63, 3.8) is 0 Å². The van der Waals surface area contributed by atoms with Gasteiger partial charge in [0, 0.05) is 32.6 Å². The minimum absolute atomic E-state index is 0.0643. The monoisotopic (exact) mass is 345 g/mol. The number of nitrogens with one attached hydrogen (secondary N) is 1. The van der Waals surface area contributed by atoms with Crippen LogP contribution in [0.1, 0.15) is 44.1 Å². The van der Waals surface area contributed by atoms with Gasteiger partial charge in [-0.3, -0.25) is 4.79 Å². The standard InChI is InChI=1S/C19H27N3O3/c1-2-8-22-13-16(12-18(22)24)20-19(25)21-9-6-14(7-10-21)15-4-3-5-17(23)11-15/h3-5,11,14,16,23H,2,6-10,12-13H2,1H3,(H,20,25). The Morgan fingerprint density at radius 3 is 2.76 bits per heavy atom. The van der Waals surface area contributed by atoms with Crippen LogP contribution in [0, 0.1) is 0 Å². The number of urea groups is 1. The molecule has 0 aliphatic carbocycles. The minimum Gasteiger partial charge on any atom is -0.508 e. The third-order valence-electron chi connectivity index (χ3n) is 5.16. The molecule has 1 aromatic rings. The van der Waals surface area contributed by atoms with E-state index >= 15 is 0 Å². The number of nitrogens with zero attached hydrogens (tertiary/aromatic N) is 2. The highest BCUT2D eigenvalue weighted by atomic mass is 16.3. The molecule has 2 saturated heterocycles. The average Bonchev–Trinajstić information content (AvgIpc) is 2.94. The zero-order valence-electron chi connectivity index (χ0n) is 14.8. The summed E-state index contributed by atoms with van der Waals surface area (Å²) in [6, 6.07) is 7.25. The Labute approximate surface area is 148 Å². The number of carbonyl (C=O) groups excluding carboxylic acids is 2. The molecule has 0 bridgehead atoms. The lowest BCUT2D eigenvalue weighted by Crippen LogP contribution is -2.48. The van der Waals surface area contributed by atoms with Crippen LogP contribution >= 0.6 is 0 Å². The van der Waals surface area contributed by atoms with Crippen molar-refractivity contribution in [3.8, 4) is 5.75 Å². The van der Waals surface area contributed by atoms with Gasteiger partial charge in [0.25, 0.3) is 0 Å². The topological polar surface area (TPSA) is 72.9 Å². The molecule has 1 unspecified atom stereocenters. The van der Waals surface area contributed by atoms with Crippen LogP contribution in [0.25, 0.3) is 0 Å². The largest absolute Gasteiger partial charge is 0.508 e. The second-order valence-electron chi connectivity index (χ2n) is 7.05. The van der Waals surface area contributed by atoms with E-state index < -0.39 is 0 Å². The van der Waals surface area contributed by atoms with Gasteiger partial charge < -0.3 is 20.2 Å². The van der Waals surface area contributed by atoms with E-state index in [1.54, 1.807) is 6.07 Å². The van der Waals surface area contributed by atoms with Crippen molar-refractivity contribution in [1.29, 1.82) is 0 Å². The van der Waals surface area contributed by atoms with Gasteiger partial charge in [-0.2, -0.15) is 0 Å². The summed E-state index contributed by atoms with van der Waals surface area (Å²) >= 11 is 0. The van der Waals surface area contributed by atoms with Crippen LogP contribution < -0.4 is 5.32 Å². The second-order valence-corrected chi connectivity index (χ2v) is 7.05. The molecule has 2 aliphatic heterocycles. The molecule has 6 nitrogen and oxygen atoms in total. The number of amides is 3. The van der Waals surface area contributed by atoms with Gasteiger partial charge in [-0.15, -0.1) is 0 Å². The summed E-state index contributed by atoms with van der Waals surface area (Å²) in [5.74, 6) is 0.805. The quantitative estimate of drug-likeness (QED) is 0.879. The van der Waals surface area contributed by atoms with Crippen molar-refractivity contribution in [1.82, 2.24) is 15.1 Å². The highest BCUT2D eigenvalue weighted by Gasteiger charge is 2.32. The Bertz CT molecular complexity index is 626. The molecule has 25 heavy (non-hydrogen) atoms. The summed E-state index contributed by atoms with van der Waals surface area (Å²) in [5, 5.41) is 12.6. The summed E-state index contributed by atoms with van der Waals surface area (Å²) in [4.78, 5) is 28.0. The molecule has 136 valence electrons. The normalized spacial score (nSPS) is 21.6. The van der Waals surface area contributed by atoms with E-state index in [0.717, 1.165) is 31.4 Å². The number of benzene rings is 1. The lowest BCUT2D eigenvalue weighted by Gasteiger charge is -2.33. The molecule has 0 saturated carbocycles. The fourth-order valence-electron chi connectivity index (χ4n) is 3.82. The summed E-state index contributed by atoms with van der Waals surface area (Å²) in [5.41, 5.74) is 1.14. The maximum Gasteiger partial charge on any atom is 0.317 e. The summed E-state index contributed by atoms with van der Waals surface area (Å²) < 4.78 is 0. The molecule has 2 N–H and O–H groups in total. The van der Waals surface area contributed by atoms with Gasteiger partial charge in [0.15, 0.2) is 0 Å². The van der Waals surface area contributed by atoms with Crippen molar-refractivity contribution >= 4 is 11.9 Å². The van der Waals surface area contributed by atoms with Crippen LogP contribution in [0.3, 0.4) is 0 Å². The van der Waals surface area contributed by atoms with Gasteiger partial charge in [0.1, 0.15) is 5.75 Å². The van der Waals surface area contributed by atoms with E-state index in [0.29, 0.717) is 37.7 Å². The van der Waals surface area contributed by atoms with E-state index in [2.05, 4.69) is 12.2 Å². The van der Waals surface area contributed by atoms with E-state index in [-0.39, 0.29) is 18.0 Å². The third-order valence-corrected chi connectivity index (χ3v) is 5.16. The Hall–Kier alpha value is -2.24. The zero-order chi connectivity index (χ0) is 17.8. The van der Waals surface area contributed by atoms with Gasteiger partial charge in [-0.1, -0.05) is 19.1 Å². The number of likely N-dealkylation sites (tertiary alicyclic amines) is 2. The molecule has 0 radical (unpaired) electrons. The Morgan fingerprint density at radius 2 is 2.08 bits per heavy atom. The van der Waals surface area contributed by atoms with Crippen molar-refractivity contribution in [2.24, 2.45) is 0 Å². The first-order valence-corrected chi connectivity index (χ1v) is 9.19. The highest BCUT2D eigenvalue weighted by Crippen LogP contribution is 2.29. The number of piperidine rings is 1. The molecule has 1 atom stereocenters. The molecule has 2 fully saturated rings. The molecule has 3 rings (SSSR count). The smallest absolute Gasteiger partial charge is 0.317 e. The molecular formula is C19H27N3O3. The molecule has 0 spiro atoms. The van der Waals surface area contributed by atoms with Crippen LogP contribution in [0.5, 0.6) is 5.75 Å². The number of aromatic hydroxyl groups is 1. The first-order valence-electron chi connectivity index (χ1n) is 9.19.